The molecule has 4 rings (SSSR count). The highest BCUT2D eigenvalue weighted by atomic mass is 16.5. The molecule has 0 aliphatic heterocycles. The molecule has 0 unspecified atom stereocenters. The maximum Gasteiger partial charge on any atom is 0.252 e. The molecule has 3 aromatic carbocycles. The highest BCUT2D eigenvalue weighted by Gasteiger charge is 2.25. The molecule has 1 aliphatic carbocycles. The summed E-state index contributed by atoms with van der Waals surface area (Å²) < 4.78 is 5.24. The minimum absolute atomic E-state index is 0.104. The van der Waals surface area contributed by atoms with Crippen LogP contribution >= 0.6 is 0 Å². The van der Waals surface area contributed by atoms with Gasteiger partial charge in [0.1, 0.15) is 12.4 Å². The Morgan fingerprint density at radius 2 is 1.53 bits per heavy atom. The largest absolute Gasteiger partial charge is 0.497 e. The summed E-state index contributed by atoms with van der Waals surface area (Å²) in [5, 5.41) is 14.8. The van der Waals surface area contributed by atoms with E-state index in [1.807, 2.05) is 54.6 Å². The fraction of sp³-hybridized carbons (Fsp3) is 0.194. The van der Waals surface area contributed by atoms with Crippen molar-refractivity contribution in [3.63, 3.8) is 0 Å². The van der Waals surface area contributed by atoms with Crippen LogP contribution in [0.25, 0.3) is 17.7 Å². The zero-order valence-electron chi connectivity index (χ0n) is 21.1. The molecule has 1 aliphatic rings. The number of hydrogen-bond donors (Lipinski definition) is 3. The number of ether oxygens (including phenoxy) is 1. The van der Waals surface area contributed by atoms with Crippen molar-refractivity contribution in [2.75, 3.05) is 13.7 Å². The van der Waals surface area contributed by atoms with Crippen LogP contribution < -0.4 is 15.4 Å². The van der Waals surface area contributed by atoms with Crippen LogP contribution in [0.15, 0.2) is 78.9 Å². The second kappa shape index (κ2) is 12.7. The number of aliphatic hydroxyl groups excluding tert-OH is 1. The lowest BCUT2D eigenvalue weighted by molar-refractivity contribution is -0.117. The van der Waals surface area contributed by atoms with Crippen LogP contribution in [0, 0.1) is 0 Å². The Balaban J connectivity index is 1.38. The molecule has 3 aromatic rings. The minimum Gasteiger partial charge on any atom is -0.497 e. The van der Waals surface area contributed by atoms with Gasteiger partial charge in [0.05, 0.1) is 7.11 Å². The molecule has 1 fully saturated rings. The molecule has 38 heavy (non-hydrogen) atoms. The van der Waals surface area contributed by atoms with E-state index in [4.69, 9.17) is 9.84 Å². The fourth-order valence-corrected chi connectivity index (χ4v) is 3.73. The van der Waals surface area contributed by atoms with Crippen LogP contribution in [-0.2, 0) is 16.1 Å². The van der Waals surface area contributed by atoms with E-state index in [1.54, 1.807) is 37.5 Å². The lowest BCUT2D eigenvalue weighted by Gasteiger charge is -2.10. The van der Waals surface area contributed by atoms with Gasteiger partial charge in [0.25, 0.3) is 5.91 Å². The summed E-state index contributed by atoms with van der Waals surface area (Å²) in [5.41, 5.74) is 4.37. The maximum absolute atomic E-state index is 12.9. The van der Waals surface area contributed by atoms with Gasteiger partial charge >= 0.3 is 0 Å². The number of amides is 2. The predicted octanol–water partition coefficient (Wildman–Crippen LogP) is 4.02. The summed E-state index contributed by atoms with van der Waals surface area (Å²) in [6.07, 6.45) is 7.05. The number of carbonyl (C=O) groups is 3. The maximum atomic E-state index is 12.9. The van der Waals surface area contributed by atoms with Crippen molar-refractivity contribution < 1.29 is 24.2 Å². The molecule has 0 bridgehead atoms. The van der Waals surface area contributed by atoms with Crippen LogP contribution in [-0.4, -0.2) is 42.5 Å². The number of methoxy groups -OCH3 is 1. The highest BCUT2D eigenvalue weighted by Crippen LogP contribution is 2.25. The Hall–Kier alpha value is -4.49. The molecule has 0 radical (unpaired) electrons. The third-order valence-corrected chi connectivity index (χ3v) is 6.12. The quantitative estimate of drug-likeness (QED) is 0.205. The van der Waals surface area contributed by atoms with Gasteiger partial charge in [-0.2, -0.15) is 0 Å². The molecule has 0 heterocycles. The average molecular weight is 511 g/mol. The van der Waals surface area contributed by atoms with Crippen molar-refractivity contribution in [2.24, 2.45) is 0 Å². The van der Waals surface area contributed by atoms with Crippen molar-refractivity contribution in [3.05, 3.63) is 107 Å². The number of ketones is 1. The van der Waals surface area contributed by atoms with E-state index in [1.165, 1.54) is 6.08 Å². The van der Waals surface area contributed by atoms with Crippen molar-refractivity contribution in [3.8, 4) is 5.75 Å². The summed E-state index contributed by atoms with van der Waals surface area (Å²) >= 11 is 0. The lowest BCUT2D eigenvalue weighted by atomic mass is 10.0. The highest BCUT2D eigenvalue weighted by molar-refractivity contribution is 6.24. The molecular formula is C31H30N2O5. The zero-order valence-corrected chi connectivity index (χ0v) is 21.1. The van der Waals surface area contributed by atoms with E-state index in [9.17, 15) is 14.4 Å². The van der Waals surface area contributed by atoms with Gasteiger partial charge in [-0.1, -0.05) is 60.7 Å². The molecule has 1 saturated carbocycles. The Kier molecular flexibility index (Phi) is 8.85. The normalized spacial score (nSPS) is 13.3. The fourth-order valence-electron chi connectivity index (χ4n) is 3.73. The van der Waals surface area contributed by atoms with Crippen molar-refractivity contribution >= 4 is 35.3 Å². The Bertz CT molecular complexity index is 1340. The Labute approximate surface area is 221 Å². The first kappa shape index (κ1) is 26.6. The average Bonchev–Trinajstić information content (AvgIpc) is 3.78. The summed E-state index contributed by atoms with van der Waals surface area (Å²) in [6.45, 7) is -0.213. The summed E-state index contributed by atoms with van der Waals surface area (Å²) in [5.74, 6) is 0.0304. The van der Waals surface area contributed by atoms with E-state index in [0.717, 1.165) is 40.8 Å². The molecule has 3 N–H and O–H groups in total. The van der Waals surface area contributed by atoms with Crippen LogP contribution in [0.5, 0.6) is 5.75 Å². The number of benzene rings is 3. The molecule has 0 spiro atoms. The van der Waals surface area contributed by atoms with Crippen molar-refractivity contribution in [2.45, 2.75) is 25.4 Å². The van der Waals surface area contributed by atoms with Crippen LogP contribution in [0.1, 0.15) is 45.5 Å². The number of carbonyl (C=O) groups excluding carboxylic acids is 3. The van der Waals surface area contributed by atoms with Gasteiger partial charge in [-0.15, -0.1) is 0 Å². The SMILES string of the molecule is COc1ccc(/C(=C\c2ccc(/C=C/C(=O)NCc3ccc(C(=O)CO)cc3)cc2)C(=O)NC2CC2)cc1. The van der Waals surface area contributed by atoms with Gasteiger partial charge in [-0.3, -0.25) is 14.4 Å². The number of nitrogens with one attached hydrogen (secondary N) is 2. The van der Waals surface area contributed by atoms with Crippen molar-refractivity contribution in [1.82, 2.24) is 10.6 Å². The van der Waals surface area contributed by atoms with Crippen molar-refractivity contribution in [1.29, 1.82) is 0 Å². The third kappa shape index (κ3) is 7.51. The molecule has 194 valence electrons. The number of rotatable bonds is 11. The van der Waals surface area contributed by atoms with Crippen LogP contribution in [0.3, 0.4) is 0 Å². The Morgan fingerprint density at radius 3 is 2.13 bits per heavy atom. The molecule has 7 heteroatoms. The lowest BCUT2D eigenvalue weighted by Crippen LogP contribution is -2.26. The van der Waals surface area contributed by atoms with Gasteiger partial charge in [0.2, 0.25) is 5.91 Å². The number of Topliss-reactive ketones (excluding diaryl/α,β-unsaturated/α-hetero) is 1. The third-order valence-electron chi connectivity index (χ3n) is 6.12. The van der Waals surface area contributed by atoms with Gasteiger partial charge in [0.15, 0.2) is 5.78 Å². The van der Waals surface area contributed by atoms with Gasteiger partial charge < -0.3 is 20.5 Å². The topological polar surface area (TPSA) is 105 Å². The van der Waals surface area contributed by atoms with E-state index >= 15 is 0 Å². The first-order chi connectivity index (χ1) is 18.4. The first-order valence-electron chi connectivity index (χ1n) is 12.4. The first-order valence-corrected chi connectivity index (χ1v) is 12.4. The molecule has 0 aromatic heterocycles. The Morgan fingerprint density at radius 1 is 0.895 bits per heavy atom. The van der Waals surface area contributed by atoms with Gasteiger partial charge in [-0.05, 0) is 59.4 Å². The smallest absolute Gasteiger partial charge is 0.252 e. The summed E-state index contributed by atoms with van der Waals surface area (Å²) in [7, 11) is 1.61. The second-order valence-electron chi connectivity index (χ2n) is 9.03. The van der Waals surface area contributed by atoms with E-state index < -0.39 is 6.61 Å². The number of aliphatic hydroxyl groups is 1. The monoisotopic (exact) mass is 510 g/mol. The van der Waals surface area contributed by atoms with E-state index in [2.05, 4.69) is 10.6 Å². The number of hydrogen-bond acceptors (Lipinski definition) is 5. The second-order valence-corrected chi connectivity index (χ2v) is 9.03. The molecule has 0 saturated heterocycles. The van der Waals surface area contributed by atoms with Crippen LogP contribution in [0.4, 0.5) is 0 Å². The zero-order chi connectivity index (χ0) is 26.9. The van der Waals surface area contributed by atoms with E-state index in [0.29, 0.717) is 17.7 Å². The van der Waals surface area contributed by atoms with Crippen LogP contribution in [0.2, 0.25) is 0 Å². The summed E-state index contributed by atoms with van der Waals surface area (Å²) in [4.78, 5) is 36.7. The standard InChI is InChI=1S/C31H30N2O5/c1-38-27-15-11-24(12-16-27)28(31(37)33-26-13-14-26)18-22-4-2-21(3-5-22)8-17-30(36)32-19-23-6-9-25(10-7-23)29(35)20-34/h2-12,15-18,26,34H,13-14,19-20H2,1H3,(H,32,36)(H,33,37)/b17-8+,28-18+. The predicted molar refractivity (Wildman–Crippen MR) is 147 cm³/mol. The van der Waals surface area contributed by atoms with Gasteiger partial charge in [0, 0.05) is 29.8 Å². The van der Waals surface area contributed by atoms with E-state index in [-0.39, 0.29) is 23.6 Å². The summed E-state index contributed by atoms with van der Waals surface area (Å²) in [6, 6.07) is 22.0. The minimum atomic E-state index is -0.530. The molecule has 2 amide bonds. The molecule has 0 atom stereocenters. The molecule has 7 nitrogen and oxygen atoms in total. The molecular weight excluding hydrogens is 480 g/mol. The van der Waals surface area contributed by atoms with Gasteiger partial charge in [-0.25, -0.2) is 0 Å².